The zero-order valence-corrected chi connectivity index (χ0v) is 20.0. The monoisotopic (exact) mass is 487 g/mol. The Labute approximate surface area is 203 Å². The highest BCUT2D eigenvalue weighted by Crippen LogP contribution is 2.39. The topological polar surface area (TPSA) is 46.9 Å². The first-order chi connectivity index (χ1) is 16.0. The summed E-state index contributed by atoms with van der Waals surface area (Å²) in [5, 5.41) is 3.98. The third-order valence-electron chi connectivity index (χ3n) is 7.18. The van der Waals surface area contributed by atoms with Gasteiger partial charge in [0.1, 0.15) is 17.7 Å². The van der Waals surface area contributed by atoms with Crippen LogP contribution in [0.25, 0.3) is 22.4 Å². The Hall–Kier alpha value is -2.11. The van der Waals surface area contributed by atoms with E-state index in [9.17, 15) is 9.18 Å². The first kappa shape index (κ1) is 22.7. The summed E-state index contributed by atoms with van der Waals surface area (Å²) in [6, 6.07) is 10.2. The molecular formula is C26H28Cl2FN3O. The number of amides is 1. The number of nitrogens with zero attached hydrogens (tertiary/aromatic N) is 2. The average Bonchev–Trinajstić information content (AvgIpc) is 3.44. The van der Waals surface area contributed by atoms with Crippen LogP contribution >= 0.6 is 23.2 Å². The second kappa shape index (κ2) is 9.63. The van der Waals surface area contributed by atoms with Gasteiger partial charge in [-0.3, -0.25) is 4.79 Å². The molecule has 1 aromatic heterocycles. The number of hydrogen-bond donors (Lipinski definition) is 1. The Morgan fingerprint density at radius 2 is 1.67 bits per heavy atom. The summed E-state index contributed by atoms with van der Waals surface area (Å²) in [5.41, 5.74) is 2.02. The molecule has 2 fully saturated rings. The number of nitrogens with one attached hydrogen (secondary N) is 1. The predicted octanol–water partition coefficient (Wildman–Crippen LogP) is 7.33. The van der Waals surface area contributed by atoms with Gasteiger partial charge in [0.05, 0.1) is 16.1 Å². The largest absolute Gasteiger partial charge is 0.352 e. The number of imidazole rings is 1. The molecule has 174 valence electrons. The Kier molecular flexibility index (Phi) is 6.62. The van der Waals surface area contributed by atoms with Crippen molar-refractivity contribution in [3.8, 4) is 11.4 Å². The number of carbonyl (C=O) groups excluding carboxylic acids is 1. The van der Waals surface area contributed by atoms with Crippen LogP contribution in [0.4, 0.5) is 4.39 Å². The lowest BCUT2D eigenvalue weighted by Crippen LogP contribution is -2.42. The number of halogens is 3. The van der Waals surface area contributed by atoms with E-state index in [0.717, 1.165) is 56.9 Å². The van der Waals surface area contributed by atoms with Gasteiger partial charge in [0.2, 0.25) is 5.91 Å². The molecule has 33 heavy (non-hydrogen) atoms. The van der Waals surface area contributed by atoms with Crippen LogP contribution in [0.3, 0.4) is 0 Å². The molecule has 1 N–H and O–H groups in total. The quantitative estimate of drug-likeness (QED) is 0.409. The third-order valence-corrected chi connectivity index (χ3v) is 7.72. The molecule has 2 aliphatic rings. The molecule has 7 heteroatoms. The van der Waals surface area contributed by atoms with Crippen LogP contribution in [0.5, 0.6) is 0 Å². The summed E-state index contributed by atoms with van der Waals surface area (Å²) in [7, 11) is 0. The summed E-state index contributed by atoms with van der Waals surface area (Å²) in [5.74, 6) is 0.345. The highest BCUT2D eigenvalue weighted by molar-refractivity contribution is 6.31. The SMILES string of the molecule is O=C(NC1CCCC1)C(C1CCCCC1)n1c(-c2ccc(Cl)cc2)nc2cc(F)c(Cl)cc21. The van der Waals surface area contributed by atoms with Crippen molar-refractivity contribution in [2.45, 2.75) is 69.9 Å². The third kappa shape index (κ3) is 4.63. The maximum absolute atomic E-state index is 14.4. The van der Waals surface area contributed by atoms with Gasteiger partial charge in [0, 0.05) is 22.7 Å². The summed E-state index contributed by atoms with van der Waals surface area (Å²) < 4.78 is 16.4. The lowest BCUT2D eigenvalue weighted by Gasteiger charge is -2.32. The Morgan fingerprint density at radius 1 is 1.00 bits per heavy atom. The fourth-order valence-electron chi connectivity index (χ4n) is 5.52. The molecule has 0 bridgehead atoms. The smallest absolute Gasteiger partial charge is 0.243 e. The van der Waals surface area contributed by atoms with Crippen molar-refractivity contribution in [2.75, 3.05) is 0 Å². The number of rotatable bonds is 5. The minimum absolute atomic E-state index is 0.0313. The standard InChI is InChI=1S/C26H28Cl2FN3O/c27-18-12-10-17(11-13-18)25-31-22-15-21(29)20(28)14-23(22)32(25)24(16-6-2-1-3-7-16)26(33)30-19-8-4-5-9-19/h10-16,19,24H,1-9H2,(H,30,33). The van der Waals surface area contributed by atoms with Crippen molar-refractivity contribution >= 4 is 40.1 Å². The van der Waals surface area contributed by atoms with Crippen molar-refractivity contribution < 1.29 is 9.18 Å². The summed E-state index contributed by atoms with van der Waals surface area (Å²) >= 11 is 12.3. The number of aromatic nitrogens is 2. The van der Waals surface area contributed by atoms with Crippen LogP contribution in [0.2, 0.25) is 10.0 Å². The predicted molar refractivity (Wildman–Crippen MR) is 131 cm³/mol. The first-order valence-electron chi connectivity index (χ1n) is 11.9. The summed E-state index contributed by atoms with van der Waals surface area (Å²) in [4.78, 5) is 18.6. The normalized spacial score (nSPS) is 18.6. The molecule has 1 heterocycles. The second-order valence-corrected chi connectivity index (χ2v) is 10.2. The van der Waals surface area contributed by atoms with Crippen LogP contribution in [0.1, 0.15) is 63.8 Å². The molecule has 2 aliphatic carbocycles. The molecule has 0 aliphatic heterocycles. The van der Waals surface area contributed by atoms with E-state index in [1.54, 1.807) is 6.07 Å². The Morgan fingerprint density at radius 3 is 2.36 bits per heavy atom. The number of hydrogen-bond acceptors (Lipinski definition) is 2. The minimum Gasteiger partial charge on any atom is -0.352 e. The van der Waals surface area contributed by atoms with E-state index in [0.29, 0.717) is 21.9 Å². The minimum atomic E-state index is -0.513. The van der Waals surface area contributed by atoms with Crippen molar-refractivity contribution in [3.63, 3.8) is 0 Å². The maximum atomic E-state index is 14.4. The van der Waals surface area contributed by atoms with E-state index < -0.39 is 11.9 Å². The maximum Gasteiger partial charge on any atom is 0.243 e. The average molecular weight is 488 g/mol. The molecule has 1 atom stereocenters. The summed E-state index contributed by atoms with van der Waals surface area (Å²) in [6.07, 6.45) is 9.72. The number of benzene rings is 2. The van der Waals surface area contributed by atoms with Crippen molar-refractivity contribution in [3.05, 3.63) is 52.3 Å². The van der Waals surface area contributed by atoms with E-state index in [1.165, 1.54) is 12.5 Å². The Bertz CT molecular complexity index is 1150. The van der Waals surface area contributed by atoms with Gasteiger partial charge in [0.15, 0.2) is 0 Å². The van der Waals surface area contributed by atoms with Crippen molar-refractivity contribution in [1.29, 1.82) is 0 Å². The zero-order valence-electron chi connectivity index (χ0n) is 18.5. The molecular weight excluding hydrogens is 460 g/mol. The number of fused-ring (bicyclic) bond motifs is 1. The highest BCUT2D eigenvalue weighted by atomic mass is 35.5. The molecule has 0 saturated heterocycles. The molecule has 0 spiro atoms. The highest BCUT2D eigenvalue weighted by Gasteiger charge is 2.35. The zero-order chi connectivity index (χ0) is 22.9. The second-order valence-electron chi connectivity index (χ2n) is 9.40. The van der Waals surface area contributed by atoms with Gasteiger partial charge in [-0.1, -0.05) is 55.3 Å². The van der Waals surface area contributed by atoms with Gasteiger partial charge in [-0.25, -0.2) is 9.37 Å². The van der Waals surface area contributed by atoms with E-state index in [1.807, 2.05) is 28.8 Å². The summed E-state index contributed by atoms with van der Waals surface area (Å²) in [6.45, 7) is 0. The molecule has 5 rings (SSSR count). The first-order valence-corrected chi connectivity index (χ1v) is 12.7. The molecule has 4 nitrogen and oxygen atoms in total. The van der Waals surface area contributed by atoms with Crippen LogP contribution in [-0.4, -0.2) is 21.5 Å². The van der Waals surface area contributed by atoms with Gasteiger partial charge in [-0.15, -0.1) is 0 Å². The van der Waals surface area contributed by atoms with Gasteiger partial charge >= 0.3 is 0 Å². The van der Waals surface area contributed by atoms with Crippen molar-refractivity contribution in [2.24, 2.45) is 5.92 Å². The number of carbonyl (C=O) groups is 1. The van der Waals surface area contributed by atoms with Crippen LogP contribution in [0.15, 0.2) is 36.4 Å². The fourth-order valence-corrected chi connectivity index (χ4v) is 5.81. The van der Waals surface area contributed by atoms with Gasteiger partial charge < -0.3 is 9.88 Å². The lowest BCUT2D eigenvalue weighted by atomic mass is 9.83. The van der Waals surface area contributed by atoms with E-state index in [2.05, 4.69) is 5.32 Å². The lowest BCUT2D eigenvalue weighted by molar-refractivity contribution is -0.126. The van der Waals surface area contributed by atoms with E-state index >= 15 is 0 Å². The molecule has 1 amide bonds. The molecule has 2 aromatic carbocycles. The molecule has 1 unspecified atom stereocenters. The molecule has 2 saturated carbocycles. The van der Waals surface area contributed by atoms with Crippen LogP contribution in [-0.2, 0) is 4.79 Å². The van der Waals surface area contributed by atoms with Crippen molar-refractivity contribution in [1.82, 2.24) is 14.9 Å². The Balaban J connectivity index is 1.68. The van der Waals surface area contributed by atoms with Gasteiger partial charge in [-0.05, 0) is 61.9 Å². The van der Waals surface area contributed by atoms with E-state index in [-0.39, 0.29) is 22.9 Å². The van der Waals surface area contributed by atoms with Crippen LogP contribution < -0.4 is 5.32 Å². The van der Waals surface area contributed by atoms with Gasteiger partial charge in [-0.2, -0.15) is 0 Å². The fraction of sp³-hybridized carbons (Fsp3) is 0.462. The van der Waals surface area contributed by atoms with Crippen LogP contribution in [0, 0.1) is 11.7 Å². The van der Waals surface area contributed by atoms with Gasteiger partial charge in [0.25, 0.3) is 0 Å². The molecule has 0 radical (unpaired) electrons. The molecule has 3 aromatic rings. The van der Waals surface area contributed by atoms with E-state index in [4.69, 9.17) is 28.2 Å².